The van der Waals surface area contributed by atoms with Gasteiger partial charge in [0.15, 0.2) is 0 Å². The van der Waals surface area contributed by atoms with Crippen molar-refractivity contribution in [2.75, 3.05) is 6.61 Å². The van der Waals surface area contributed by atoms with Gasteiger partial charge in [0.1, 0.15) is 24.9 Å². The van der Waals surface area contributed by atoms with Gasteiger partial charge in [-0.25, -0.2) is 0 Å². The maximum atomic E-state index is 13.1. The fourth-order valence-electron chi connectivity index (χ4n) is 5.01. The Labute approximate surface area is 291 Å². The van der Waals surface area contributed by atoms with Crippen LogP contribution in [0.1, 0.15) is 132 Å². The van der Waals surface area contributed by atoms with Crippen LogP contribution in [0.5, 0.6) is 0 Å². The molecule has 0 aromatic carbocycles. The number of rotatable bonds is 27. The molecule has 0 amide bonds. The maximum Gasteiger partial charge on any atom is 0.309 e. The lowest BCUT2D eigenvalue weighted by molar-refractivity contribution is -0.154. The second-order valence-electron chi connectivity index (χ2n) is 12.5. The van der Waals surface area contributed by atoms with Gasteiger partial charge in [-0.15, -0.1) is 0 Å². The largest absolute Gasteiger partial charge is 0.461 e. The second-order valence-corrected chi connectivity index (χ2v) is 12.5. The Balaban J connectivity index is 4.85. The van der Waals surface area contributed by atoms with Crippen LogP contribution in [0.4, 0.5) is 0 Å². The Morgan fingerprint density at radius 1 is 0.604 bits per heavy atom. The first-order valence-electron chi connectivity index (χ1n) is 18.4. The molecule has 0 fully saturated rings. The summed E-state index contributed by atoms with van der Waals surface area (Å²) >= 11 is 0. The highest BCUT2D eigenvalue weighted by Crippen LogP contribution is 2.22. The quantitative estimate of drug-likeness (QED) is 0.0482. The fraction of sp³-hybridized carbons (Fsp3) is 0.700. The molecule has 0 spiro atoms. The predicted octanol–water partition coefficient (Wildman–Crippen LogP) is 9.42. The third-order valence-corrected chi connectivity index (χ3v) is 8.63. The van der Waals surface area contributed by atoms with Gasteiger partial charge in [0, 0.05) is 0 Å². The van der Waals surface area contributed by atoms with Crippen LogP contribution in [-0.4, -0.2) is 48.8 Å². The van der Waals surface area contributed by atoms with E-state index in [1.54, 1.807) is 6.08 Å². The zero-order valence-corrected chi connectivity index (χ0v) is 31.2. The Morgan fingerprint density at radius 3 is 1.71 bits per heavy atom. The van der Waals surface area contributed by atoms with E-state index in [4.69, 9.17) is 18.9 Å². The molecule has 0 bridgehead atoms. The van der Waals surface area contributed by atoms with Crippen molar-refractivity contribution in [2.45, 2.75) is 151 Å². The van der Waals surface area contributed by atoms with Gasteiger partial charge in [-0.2, -0.15) is 0 Å². The molecule has 0 aliphatic carbocycles. The molecule has 7 atom stereocenters. The van der Waals surface area contributed by atoms with Crippen LogP contribution in [0.2, 0.25) is 0 Å². The van der Waals surface area contributed by atoms with Crippen molar-refractivity contribution in [1.82, 2.24) is 0 Å². The molecule has 0 saturated carbocycles. The van der Waals surface area contributed by atoms with E-state index >= 15 is 0 Å². The number of ether oxygens (including phenoxy) is 4. The topological polar surface area (TPSA) is 105 Å². The number of hydrogen-bond acceptors (Lipinski definition) is 8. The molecule has 0 rings (SSSR count). The minimum absolute atomic E-state index is 0.162. The average molecular weight is 675 g/mol. The molecule has 0 aromatic heterocycles. The molecule has 8 heteroatoms. The lowest BCUT2D eigenvalue weighted by Gasteiger charge is -2.22. The standard InChI is InChI=1S/C40H66O8/c1-10-17-18-21-29-45-38(42)32(13-4)24-20-19-23-31(9)46-39(43)33(14-5)25-27-35(16-7)47-40(44)34(15-6)26-28-36(22-11-2)48-37(41)30(8)12-3/h11,16,18-19,21-23,30-36H,7,10,12-15,17,20,24-29H2,1-6,8-9H3/b21-18+,22-11+,23-19+. The molecule has 0 aliphatic rings. The summed E-state index contributed by atoms with van der Waals surface area (Å²) in [6, 6.07) is 0. The van der Waals surface area contributed by atoms with E-state index in [9.17, 15) is 19.2 Å². The molecule has 0 heterocycles. The van der Waals surface area contributed by atoms with Gasteiger partial charge in [-0.05, 0) is 96.6 Å². The summed E-state index contributed by atoms with van der Waals surface area (Å²) in [5.41, 5.74) is 0. The highest BCUT2D eigenvalue weighted by molar-refractivity contribution is 5.74. The van der Waals surface area contributed by atoms with Crippen LogP contribution < -0.4 is 0 Å². The van der Waals surface area contributed by atoms with Crippen LogP contribution in [0.3, 0.4) is 0 Å². The van der Waals surface area contributed by atoms with E-state index in [0.717, 1.165) is 12.8 Å². The van der Waals surface area contributed by atoms with Crippen molar-refractivity contribution in [3.8, 4) is 0 Å². The summed E-state index contributed by atoms with van der Waals surface area (Å²) in [4.78, 5) is 50.7. The van der Waals surface area contributed by atoms with Gasteiger partial charge in [-0.1, -0.05) is 84.9 Å². The Morgan fingerprint density at radius 2 is 1.17 bits per heavy atom. The van der Waals surface area contributed by atoms with Gasteiger partial charge in [0.25, 0.3) is 0 Å². The molecule has 7 unspecified atom stereocenters. The lowest BCUT2D eigenvalue weighted by atomic mass is 9.96. The zero-order chi connectivity index (χ0) is 36.3. The van der Waals surface area contributed by atoms with E-state index in [-0.39, 0.29) is 53.7 Å². The smallest absolute Gasteiger partial charge is 0.309 e. The maximum absolute atomic E-state index is 13.1. The highest BCUT2D eigenvalue weighted by Gasteiger charge is 2.26. The summed E-state index contributed by atoms with van der Waals surface area (Å²) in [6.45, 7) is 19.6. The van der Waals surface area contributed by atoms with Crippen LogP contribution in [0.15, 0.2) is 49.1 Å². The average Bonchev–Trinajstić information content (AvgIpc) is 3.07. The zero-order valence-electron chi connectivity index (χ0n) is 31.2. The number of carbonyl (C=O) groups is 4. The van der Waals surface area contributed by atoms with Crippen molar-refractivity contribution in [3.63, 3.8) is 0 Å². The summed E-state index contributed by atoms with van der Waals surface area (Å²) in [6.07, 6.45) is 19.7. The molecule has 0 N–H and O–H groups in total. The van der Waals surface area contributed by atoms with Crippen molar-refractivity contribution >= 4 is 23.9 Å². The third-order valence-electron chi connectivity index (χ3n) is 8.63. The fourth-order valence-corrected chi connectivity index (χ4v) is 5.01. The van der Waals surface area contributed by atoms with E-state index in [1.807, 2.05) is 84.9 Å². The van der Waals surface area contributed by atoms with Gasteiger partial charge < -0.3 is 18.9 Å². The van der Waals surface area contributed by atoms with Crippen LogP contribution in [-0.2, 0) is 38.1 Å². The van der Waals surface area contributed by atoms with Crippen LogP contribution in [0.25, 0.3) is 0 Å². The number of allylic oxidation sites excluding steroid dienone is 3. The van der Waals surface area contributed by atoms with E-state index in [2.05, 4.69) is 13.5 Å². The molecular weight excluding hydrogens is 608 g/mol. The van der Waals surface area contributed by atoms with Gasteiger partial charge >= 0.3 is 23.9 Å². The Hall–Kier alpha value is -3.16. The first kappa shape index (κ1) is 44.8. The van der Waals surface area contributed by atoms with Crippen molar-refractivity contribution in [2.24, 2.45) is 23.7 Å². The molecule has 274 valence electrons. The van der Waals surface area contributed by atoms with E-state index in [1.165, 1.54) is 0 Å². The SMILES string of the molecule is C=CC(CCC(CC)C(=O)OC(C)/C=C/CCC(CC)C(=O)OC/C=C/CCC)OC(=O)C(CC)CCC(/C=C/C)OC(=O)C(C)CC. The molecular formula is C40H66O8. The van der Waals surface area contributed by atoms with Crippen molar-refractivity contribution in [3.05, 3.63) is 49.1 Å². The first-order chi connectivity index (χ1) is 23.0. The monoisotopic (exact) mass is 674 g/mol. The summed E-state index contributed by atoms with van der Waals surface area (Å²) in [5, 5.41) is 0. The normalized spacial score (nSPS) is 16.2. The molecule has 0 radical (unpaired) electrons. The number of carbonyl (C=O) groups excluding carboxylic acids is 4. The lowest BCUT2D eigenvalue weighted by Crippen LogP contribution is -2.27. The molecule has 0 aliphatic heterocycles. The highest BCUT2D eigenvalue weighted by atomic mass is 16.6. The predicted molar refractivity (Wildman–Crippen MR) is 193 cm³/mol. The molecule has 0 saturated heterocycles. The van der Waals surface area contributed by atoms with Crippen molar-refractivity contribution < 1.29 is 38.1 Å². The minimum atomic E-state index is -0.522. The van der Waals surface area contributed by atoms with E-state index in [0.29, 0.717) is 70.8 Å². The summed E-state index contributed by atoms with van der Waals surface area (Å²) in [5.74, 6) is -2.02. The van der Waals surface area contributed by atoms with Crippen LogP contribution >= 0.6 is 0 Å². The van der Waals surface area contributed by atoms with Gasteiger partial charge in [-0.3, -0.25) is 19.2 Å². The number of esters is 4. The minimum Gasteiger partial charge on any atom is -0.461 e. The van der Waals surface area contributed by atoms with E-state index < -0.39 is 12.2 Å². The third kappa shape index (κ3) is 19.6. The Kier molecular flexibility index (Phi) is 25.9. The molecule has 48 heavy (non-hydrogen) atoms. The van der Waals surface area contributed by atoms with Gasteiger partial charge in [0.05, 0.1) is 23.7 Å². The number of hydrogen-bond donors (Lipinski definition) is 0. The number of unbranched alkanes of at least 4 members (excludes halogenated alkanes) is 1. The first-order valence-corrected chi connectivity index (χ1v) is 18.4. The van der Waals surface area contributed by atoms with Gasteiger partial charge in [0.2, 0.25) is 0 Å². The second kappa shape index (κ2) is 27.8. The van der Waals surface area contributed by atoms with Crippen molar-refractivity contribution in [1.29, 1.82) is 0 Å². The summed E-state index contributed by atoms with van der Waals surface area (Å²) < 4.78 is 22.5. The molecule has 0 aromatic rings. The van der Waals surface area contributed by atoms with Crippen LogP contribution in [0, 0.1) is 23.7 Å². The Bertz CT molecular complexity index is 1010. The summed E-state index contributed by atoms with van der Waals surface area (Å²) in [7, 11) is 0. The molecule has 8 nitrogen and oxygen atoms in total.